The maximum atomic E-state index is 10.3. The van der Waals surface area contributed by atoms with Gasteiger partial charge in [0.05, 0.1) is 5.60 Å². The van der Waals surface area contributed by atoms with Gasteiger partial charge in [-0.15, -0.1) is 0 Å². The normalized spacial score (nSPS) is 34.7. The van der Waals surface area contributed by atoms with Gasteiger partial charge >= 0.3 is 0 Å². The number of hydrogen-bond acceptors (Lipinski definition) is 1. The highest BCUT2D eigenvalue weighted by molar-refractivity contribution is 5.22. The molecule has 0 amide bonds. The Morgan fingerprint density at radius 2 is 1.92 bits per heavy atom. The Hall–Kier alpha value is -0.300. The van der Waals surface area contributed by atoms with Crippen LogP contribution in [-0.2, 0) is 0 Å². The van der Waals surface area contributed by atoms with Crippen molar-refractivity contribution in [1.29, 1.82) is 0 Å². The highest BCUT2D eigenvalue weighted by Crippen LogP contribution is 2.49. The maximum Gasteiger partial charge on any atom is 0.0882 e. The van der Waals surface area contributed by atoms with Crippen LogP contribution in [0.25, 0.3) is 0 Å². The molecular weight excluding hydrogens is 148 g/mol. The molecule has 1 saturated carbocycles. The van der Waals surface area contributed by atoms with Gasteiger partial charge in [-0.2, -0.15) is 0 Å². The molecule has 12 heavy (non-hydrogen) atoms. The van der Waals surface area contributed by atoms with E-state index >= 15 is 0 Å². The van der Waals surface area contributed by atoms with E-state index in [0.29, 0.717) is 0 Å². The summed E-state index contributed by atoms with van der Waals surface area (Å²) >= 11 is 0. The van der Waals surface area contributed by atoms with Crippen LogP contribution in [0.3, 0.4) is 0 Å². The Morgan fingerprint density at radius 1 is 1.42 bits per heavy atom. The summed E-state index contributed by atoms with van der Waals surface area (Å²) in [5, 5.41) is 10.3. The van der Waals surface area contributed by atoms with Crippen molar-refractivity contribution in [1.82, 2.24) is 0 Å². The Balaban J connectivity index is 2.89. The van der Waals surface area contributed by atoms with Crippen molar-refractivity contribution >= 4 is 0 Å². The molecular formula is C11H20O. The van der Waals surface area contributed by atoms with E-state index in [4.69, 9.17) is 0 Å². The van der Waals surface area contributed by atoms with Gasteiger partial charge in [0.2, 0.25) is 0 Å². The number of aliphatic hydroxyl groups is 1. The molecule has 1 heteroatoms. The van der Waals surface area contributed by atoms with E-state index in [-0.39, 0.29) is 11.3 Å². The summed E-state index contributed by atoms with van der Waals surface area (Å²) in [4.78, 5) is 0. The average Bonchev–Trinajstić information content (AvgIpc) is 2.03. The quantitative estimate of drug-likeness (QED) is 0.597. The molecule has 0 aromatic heterocycles. The first-order chi connectivity index (χ1) is 5.28. The predicted molar refractivity (Wildman–Crippen MR) is 51.9 cm³/mol. The monoisotopic (exact) mass is 168 g/mol. The van der Waals surface area contributed by atoms with Crippen LogP contribution >= 0.6 is 0 Å². The van der Waals surface area contributed by atoms with Gasteiger partial charge in [0.25, 0.3) is 0 Å². The van der Waals surface area contributed by atoms with Crippen LogP contribution in [0.1, 0.15) is 40.5 Å². The van der Waals surface area contributed by atoms with E-state index in [1.165, 1.54) is 0 Å². The summed E-state index contributed by atoms with van der Waals surface area (Å²) in [7, 11) is 0. The lowest BCUT2D eigenvalue weighted by Gasteiger charge is -2.29. The largest absolute Gasteiger partial charge is 0.385 e. The Labute approximate surface area is 75.5 Å². The fourth-order valence-electron chi connectivity index (χ4n) is 2.26. The lowest BCUT2D eigenvalue weighted by Crippen LogP contribution is -2.34. The summed E-state index contributed by atoms with van der Waals surface area (Å²) in [6.45, 7) is 12.5. The number of rotatable bonds is 1. The fourth-order valence-corrected chi connectivity index (χ4v) is 2.26. The van der Waals surface area contributed by atoms with Crippen molar-refractivity contribution in [2.75, 3.05) is 0 Å². The van der Waals surface area contributed by atoms with Crippen LogP contribution < -0.4 is 0 Å². The summed E-state index contributed by atoms with van der Waals surface area (Å²) in [6.07, 6.45) is 1.82. The molecule has 0 spiro atoms. The molecule has 1 unspecified atom stereocenters. The molecule has 1 fully saturated rings. The minimum Gasteiger partial charge on any atom is -0.385 e. The predicted octanol–water partition coefficient (Wildman–Crippen LogP) is 2.75. The minimum atomic E-state index is -0.608. The molecule has 1 nitrogen and oxygen atoms in total. The van der Waals surface area contributed by atoms with E-state index in [1.54, 1.807) is 0 Å². The fraction of sp³-hybridized carbons (Fsp3) is 0.818. The van der Waals surface area contributed by atoms with Crippen LogP contribution in [0.5, 0.6) is 0 Å². The molecule has 1 rings (SSSR count). The van der Waals surface area contributed by atoms with E-state index in [0.717, 1.165) is 18.4 Å². The zero-order valence-corrected chi connectivity index (χ0v) is 8.65. The van der Waals surface area contributed by atoms with Gasteiger partial charge in [-0.25, -0.2) is 0 Å². The molecule has 1 aliphatic carbocycles. The molecule has 0 aromatic carbocycles. The average molecular weight is 168 g/mol. The maximum absolute atomic E-state index is 10.3. The van der Waals surface area contributed by atoms with Crippen molar-refractivity contribution in [3.63, 3.8) is 0 Å². The highest BCUT2D eigenvalue weighted by atomic mass is 16.3. The second kappa shape index (κ2) is 2.59. The summed E-state index contributed by atoms with van der Waals surface area (Å²) in [5.41, 5.74) is 0.641. The van der Waals surface area contributed by atoms with Gasteiger partial charge in [0.1, 0.15) is 0 Å². The molecule has 0 bridgehead atoms. The molecule has 0 saturated heterocycles. The van der Waals surface area contributed by atoms with Crippen molar-refractivity contribution in [2.45, 2.75) is 46.1 Å². The summed E-state index contributed by atoms with van der Waals surface area (Å²) in [5.74, 6) is 0.284. The van der Waals surface area contributed by atoms with Gasteiger partial charge in [0, 0.05) is 0 Å². The highest BCUT2D eigenvalue weighted by Gasteiger charge is 2.46. The Morgan fingerprint density at radius 3 is 2.08 bits per heavy atom. The lowest BCUT2D eigenvalue weighted by atomic mass is 9.83. The topological polar surface area (TPSA) is 20.2 Å². The second-order valence-electron chi connectivity index (χ2n) is 5.20. The third-order valence-electron chi connectivity index (χ3n) is 3.01. The van der Waals surface area contributed by atoms with Gasteiger partial charge in [-0.3, -0.25) is 0 Å². The van der Waals surface area contributed by atoms with Crippen molar-refractivity contribution in [2.24, 2.45) is 11.3 Å². The van der Waals surface area contributed by atoms with Gasteiger partial charge < -0.3 is 5.11 Å². The first-order valence-electron chi connectivity index (χ1n) is 4.68. The van der Waals surface area contributed by atoms with Crippen LogP contribution in [0.2, 0.25) is 0 Å². The van der Waals surface area contributed by atoms with Crippen LogP contribution in [0.15, 0.2) is 12.2 Å². The van der Waals surface area contributed by atoms with E-state index in [1.807, 2.05) is 0 Å². The molecule has 70 valence electrons. The summed E-state index contributed by atoms with van der Waals surface area (Å²) in [6, 6.07) is 0. The third kappa shape index (κ3) is 1.42. The third-order valence-corrected chi connectivity index (χ3v) is 3.01. The zero-order valence-electron chi connectivity index (χ0n) is 8.65. The molecule has 1 aliphatic rings. The Kier molecular flexibility index (Phi) is 2.12. The standard InChI is InChI=1S/C11H20O/c1-8(2)11(12)7-10(4,5)6-9(11)3/h8,12H,3,6-7H2,1-2,4-5H3. The lowest BCUT2D eigenvalue weighted by molar-refractivity contribution is 0.0234. The van der Waals surface area contributed by atoms with Crippen molar-refractivity contribution < 1.29 is 5.11 Å². The molecule has 0 aromatic rings. The molecule has 0 radical (unpaired) electrons. The van der Waals surface area contributed by atoms with Gasteiger partial charge in [-0.1, -0.05) is 34.3 Å². The summed E-state index contributed by atoms with van der Waals surface area (Å²) < 4.78 is 0. The molecule has 1 atom stereocenters. The first-order valence-corrected chi connectivity index (χ1v) is 4.68. The van der Waals surface area contributed by atoms with E-state index in [2.05, 4.69) is 34.3 Å². The smallest absolute Gasteiger partial charge is 0.0882 e. The second-order valence-corrected chi connectivity index (χ2v) is 5.20. The minimum absolute atomic E-state index is 0.232. The van der Waals surface area contributed by atoms with Crippen LogP contribution in [0, 0.1) is 11.3 Å². The van der Waals surface area contributed by atoms with Gasteiger partial charge in [0.15, 0.2) is 0 Å². The molecule has 0 heterocycles. The van der Waals surface area contributed by atoms with Crippen LogP contribution in [0.4, 0.5) is 0 Å². The van der Waals surface area contributed by atoms with Crippen LogP contribution in [-0.4, -0.2) is 10.7 Å². The molecule has 1 N–H and O–H groups in total. The van der Waals surface area contributed by atoms with E-state index in [9.17, 15) is 5.11 Å². The molecule has 0 aliphatic heterocycles. The SMILES string of the molecule is C=C1CC(C)(C)CC1(O)C(C)C. The van der Waals surface area contributed by atoms with Crippen molar-refractivity contribution in [3.8, 4) is 0 Å². The van der Waals surface area contributed by atoms with Crippen molar-refractivity contribution in [3.05, 3.63) is 12.2 Å². The van der Waals surface area contributed by atoms with E-state index < -0.39 is 5.60 Å². The van der Waals surface area contributed by atoms with Gasteiger partial charge in [-0.05, 0) is 29.7 Å². The first kappa shape index (κ1) is 9.79. The zero-order chi connectivity index (χ0) is 9.57. The Bertz CT molecular complexity index is 203. The number of hydrogen-bond donors (Lipinski definition) is 1.